The molecule has 1 spiro atoms. The topological polar surface area (TPSA) is 107 Å². The van der Waals surface area contributed by atoms with E-state index >= 15 is 0 Å². The molecule has 3 saturated heterocycles. The first-order valence-corrected chi connectivity index (χ1v) is 12.1. The zero-order valence-electron chi connectivity index (χ0n) is 19.7. The van der Waals surface area contributed by atoms with Crippen LogP contribution in [0.25, 0.3) is 0 Å². The average molecular weight is 471 g/mol. The molecule has 1 aromatic rings. The summed E-state index contributed by atoms with van der Waals surface area (Å²) in [5, 5.41) is 19.4. The van der Waals surface area contributed by atoms with Crippen LogP contribution in [0.1, 0.15) is 44.6 Å². The van der Waals surface area contributed by atoms with Gasteiger partial charge >= 0.3 is 5.97 Å². The van der Waals surface area contributed by atoms with Crippen molar-refractivity contribution >= 4 is 17.8 Å². The zero-order valence-corrected chi connectivity index (χ0v) is 19.7. The monoisotopic (exact) mass is 470 g/mol. The Bertz CT molecular complexity index is 952. The van der Waals surface area contributed by atoms with E-state index in [0.29, 0.717) is 45.2 Å². The van der Waals surface area contributed by atoms with E-state index in [1.165, 1.54) is 4.90 Å². The third kappa shape index (κ3) is 3.73. The summed E-state index contributed by atoms with van der Waals surface area (Å²) in [6.45, 7) is 6.60. The fourth-order valence-electron chi connectivity index (χ4n) is 6.37. The number of aliphatic hydroxyl groups excluding tert-OH is 1. The second-order valence-electron chi connectivity index (χ2n) is 9.63. The first kappa shape index (κ1) is 24.4. The van der Waals surface area contributed by atoms with Crippen molar-refractivity contribution in [3.8, 4) is 0 Å². The number of carbonyl (C=O) groups is 3. The number of likely N-dealkylation sites (tertiary alicyclic amines) is 1. The number of carbonyl (C=O) groups excluding carboxylic acids is 2. The van der Waals surface area contributed by atoms with Crippen LogP contribution in [0.4, 0.5) is 0 Å². The van der Waals surface area contributed by atoms with E-state index in [1.54, 1.807) is 11.0 Å². The number of carboxylic acids is 1. The van der Waals surface area contributed by atoms with Gasteiger partial charge in [0.15, 0.2) is 0 Å². The minimum Gasteiger partial charge on any atom is -0.481 e. The molecule has 34 heavy (non-hydrogen) atoms. The van der Waals surface area contributed by atoms with Crippen LogP contribution >= 0.6 is 0 Å². The van der Waals surface area contributed by atoms with Gasteiger partial charge in [-0.15, -0.1) is 6.58 Å². The Labute approximate surface area is 200 Å². The van der Waals surface area contributed by atoms with Crippen LogP contribution in [-0.2, 0) is 25.7 Å². The lowest BCUT2D eigenvalue weighted by Gasteiger charge is -2.37. The molecule has 3 heterocycles. The molecule has 3 fully saturated rings. The number of hydrogen-bond donors (Lipinski definition) is 2. The molecule has 1 aromatic carbocycles. The van der Waals surface area contributed by atoms with Crippen molar-refractivity contribution in [3.63, 3.8) is 0 Å². The molecule has 5 atom stereocenters. The zero-order chi connectivity index (χ0) is 24.5. The van der Waals surface area contributed by atoms with Gasteiger partial charge in [0.05, 0.1) is 11.5 Å². The number of fused-ring (bicyclic) bond motifs is 1. The molecule has 184 valence electrons. The molecular formula is C26H34N2O6. The number of ether oxygens (including phenoxy) is 1. The maximum absolute atomic E-state index is 14.1. The summed E-state index contributed by atoms with van der Waals surface area (Å²) in [6, 6.07) is 8.70. The van der Waals surface area contributed by atoms with Gasteiger partial charge in [0, 0.05) is 26.2 Å². The highest BCUT2D eigenvalue weighted by Crippen LogP contribution is 2.64. The van der Waals surface area contributed by atoms with Gasteiger partial charge in [0.1, 0.15) is 17.6 Å². The predicted molar refractivity (Wildman–Crippen MR) is 125 cm³/mol. The molecule has 8 heteroatoms. The van der Waals surface area contributed by atoms with Crippen molar-refractivity contribution < 1.29 is 29.3 Å². The summed E-state index contributed by atoms with van der Waals surface area (Å²) >= 11 is 0. The lowest BCUT2D eigenvalue weighted by atomic mass is 9.65. The van der Waals surface area contributed by atoms with Gasteiger partial charge in [-0.3, -0.25) is 14.4 Å². The Morgan fingerprint density at radius 3 is 2.62 bits per heavy atom. The van der Waals surface area contributed by atoms with E-state index in [2.05, 4.69) is 6.58 Å². The lowest BCUT2D eigenvalue weighted by molar-refractivity contribution is -0.158. The van der Waals surface area contributed by atoms with E-state index < -0.39 is 35.0 Å². The van der Waals surface area contributed by atoms with Crippen molar-refractivity contribution in [3.05, 3.63) is 48.6 Å². The largest absolute Gasteiger partial charge is 0.481 e. The highest BCUT2D eigenvalue weighted by molar-refractivity contribution is 5.98. The summed E-state index contributed by atoms with van der Waals surface area (Å²) in [7, 11) is 0. The van der Waals surface area contributed by atoms with Gasteiger partial charge in [-0.25, -0.2) is 0 Å². The van der Waals surface area contributed by atoms with E-state index in [0.717, 1.165) is 5.56 Å². The first-order chi connectivity index (χ1) is 16.3. The van der Waals surface area contributed by atoms with Crippen molar-refractivity contribution in [2.45, 2.75) is 62.8 Å². The van der Waals surface area contributed by atoms with Crippen LogP contribution in [0.3, 0.4) is 0 Å². The Balaban J connectivity index is 1.74. The van der Waals surface area contributed by atoms with E-state index in [9.17, 15) is 24.6 Å². The van der Waals surface area contributed by atoms with Gasteiger partial charge in [0.25, 0.3) is 0 Å². The molecule has 0 radical (unpaired) electrons. The van der Waals surface area contributed by atoms with Gasteiger partial charge in [-0.2, -0.15) is 0 Å². The Hall–Kier alpha value is -2.71. The minimum absolute atomic E-state index is 0.0149. The number of nitrogens with zero attached hydrogens (tertiary/aromatic N) is 2. The maximum atomic E-state index is 14.1. The van der Waals surface area contributed by atoms with Crippen LogP contribution in [0.2, 0.25) is 0 Å². The molecule has 4 rings (SSSR count). The molecule has 3 aliphatic rings. The number of aliphatic hydroxyl groups is 1. The highest BCUT2D eigenvalue weighted by Gasteiger charge is 2.78. The van der Waals surface area contributed by atoms with Crippen LogP contribution in [0.5, 0.6) is 0 Å². The van der Waals surface area contributed by atoms with Crippen LogP contribution in [0, 0.1) is 11.8 Å². The third-order valence-corrected chi connectivity index (χ3v) is 7.87. The molecule has 0 saturated carbocycles. The molecule has 0 aliphatic carbocycles. The fraction of sp³-hybridized carbons (Fsp3) is 0.577. The standard InChI is InChI=1S/C26H34N2O6/c1-3-14-27(17-18-10-6-5-7-11-18)23(31)21-26-13-12-25(4-2,34-26)20(24(32)33)19(26)22(30)28(21)15-8-9-16-29/h3,5-7,10-11,19-21,29H,1,4,8-9,12-17H2,2H3,(H,32,33)/t19-,20-,21?,25+,26?/m0/s1. The number of rotatable bonds is 11. The molecule has 2 N–H and O–H groups in total. The fourth-order valence-corrected chi connectivity index (χ4v) is 6.37. The quantitative estimate of drug-likeness (QED) is 0.379. The summed E-state index contributed by atoms with van der Waals surface area (Å²) in [6.07, 6.45) is 4.13. The SMILES string of the molecule is C=CCN(Cc1ccccc1)C(=O)C1N(CCCCO)C(=O)[C@@H]2[C@@H](C(=O)O)[C@@]3(CC)CCC12O3. The molecule has 2 amide bonds. The second kappa shape index (κ2) is 9.50. The van der Waals surface area contributed by atoms with E-state index in [4.69, 9.17) is 4.74 Å². The lowest BCUT2D eigenvalue weighted by Crippen LogP contribution is -2.56. The van der Waals surface area contributed by atoms with Crippen LogP contribution in [-0.4, -0.2) is 74.7 Å². The molecular weight excluding hydrogens is 436 g/mol. The number of amides is 2. The van der Waals surface area contributed by atoms with E-state index in [1.807, 2.05) is 37.3 Å². The average Bonchev–Trinajstić information content (AvgIpc) is 3.43. The van der Waals surface area contributed by atoms with Crippen molar-refractivity contribution in [1.82, 2.24) is 9.80 Å². The number of benzene rings is 1. The van der Waals surface area contributed by atoms with E-state index in [-0.39, 0.29) is 25.0 Å². The molecule has 8 nitrogen and oxygen atoms in total. The predicted octanol–water partition coefficient (Wildman–Crippen LogP) is 2.21. The minimum atomic E-state index is -1.15. The summed E-state index contributed by atoms with van der Waals surface area (Å²) < 4.78 is 6.55. The van der Waals surface area contributed by atoms with Gasteiger partial charge in [0.2, 0.25) is 11.8 Å². The smallest absolute Gasteiger partial charge is 0.310 e. The summed E-state index contributed by atoms with van der Waals surface area (Å²) in [5.74, 6) is -3.47. The number of aliphatic carboxylic acids is 1. The van der Waals surface area contributed by atoms with Crippen molar-refractivity contribution in [2.24, 2.45) is 11.8 Å². The van der Waals surface area contributed by atoms with Gasteiger partial charge < -0.3 is 24.7 Å². The Morgan fingerprint density at radius 2 is 2.00 bits per heavy atom. The number of carboxylic acid groups (broad SMARTS) is 1. The van der Waals surface area contributed by atoms with Crippen molar-refractivity contribution in [1.29, 1.82) is 0 Å². The van der Waals surface area contributed by atoms with Crippen molar-refractivity contribution in [2.75, 3.05) is 19.7 Å². The first-order valence-electron chi connectivity index (χ1n) is 12.1. The summed E-state index contributed by atoms with van der Waals surface area (Å²) in [4.78, 5) is 43.4. The van der Waals surface area contributed by atoms with Gasteiger partial charge in [-0.05, 0) is 37.7 Å². The van der Waals surface area contributed by atoms with Gasteiger partial charge in [-0.1, -0.05) is 43.3 Å². The molecule has 3 aliphatic heterocycles. The third-order valence-electron chi connectivity index (χ3n) is 7.87. The number of unbranched alkanes of at least 4 members (excludes halogenated alkanes) is 1. The highest BCUT2D eigenvalue weighted by atomic mass is 16.5. The molecule has 2 unspecified atom stereocenters. The van der Waals surface area contributed by atoms with Crippen LogP contribution in [0.15, 0.2) is 43.0 Å². The summed E-state index contributed by atoms with van der Waals surface area (Å²) in [5.41, 5.74) is -1.12. The maximum Gasteiger partial charge on any atom is 0.310 e. The Kier molecular flexibility index (Phi) is 6.82. The number of hydrogen-bond acceptors (Lipinski definition) is 5. The Morgan fingerprint density at radius 1 is 1.26 bits per heavy atom. The normalized spacial score (nSPS) is 31.5. The van der Waals surface area contributed by atoms with Crippen LogP contribution < -0.4 is 0 Å². The molecule has 0 aromatic heterocycles. The molecule has 2 bridgehead atoms. The second-order valence-corrected chi connectivity index (χ2v) is 9.63.